The molecule has 0 saturated heterocycles. The number of hydrogen-bond donors (Lipinski definition) is 2. The number of carbonyl (C=O) groups excluding carboxylic acids is 4. The van der Waals surface area contributed by atoms with Gasteiger partial charge in [-0.3, -0.25) is 9.59 Å². The smallest absolute Gasteiger partial charge is 0.410 e. The maximum Gasteiger partial charge on any atom is 0.410 e. The molecule has 2 N–H and O–H groups in total. The zero-order chi connectivity index (χ0) is 31.9. The van der Waals surface area contributed by atoms with E-state index >= 15 is 0 Å². The van der Waals surface area contributed by atoms with E-state index in [-0.39, 0.29) is 18.4 Å². The monoisotopic (exact) mass is 635 g/mol. The molecule has 11 heteroatoms. The Balaban J connectivity index is 1.45. The third-order valence-electron chi connectivity index (χ3n) is 6.60. The molecule has 2 heterocycles. The average Bonchev–Trinajstić information content (AvgIpc) is 3.35. The summed E-state index contributed by atoms with van der Waals surface area (Å²) in [5.41, 5.74) is 2.02. The number of amides is 3. The Kier molecular flexibility index (Phi) is 10.9. The summed E-state index contributed by atoms with van der Waals surface area (Å²) in [7, 11) is 1.31. The molecule has 0 fully saturated rings. The van der Waals surface area contributed by atoms with Crippen molar-refractivity contribution in [2.24, 2.45) is 0 Å². The number of thiophene rings is 1. The van der Waals surface area contributed by atoms with E-state index in [1.807, 2.05) is 76.2 Å². The van der Waals surface area contributed by atoms with Crippen LogP contribution in [0.3, 0.4) is 0 Å². The van der Waals surface area contributed by atoms with Crippen molar-refractivity contribution in [1.29, 1.82) is 0 Å². The van der Waals surface area contributed by atoms with Gasteiger partial charge in [0.15, 0.2) is 0 Å². The van der Waals surface area contributed by atoms with Crippen molar-refractivity contribution < 1.29 is 28.7 Å². The number of hydrogen-bond acceptors (Lipinski definition) is 8. The van der Waals surface area contributed by atoms with E-state index in [4.69, 9.17) is 9.47 Å². The second kappa shape index (κ2) is 14.6. The van der Waals surface area contributed by atoms with Crippen molar-refractivity contribution in [2.75, 3.05) is 24.3 Å². The number of ether oxygens (including phenoxy) is 2. The van der Waals surface area contributed by atoms with Crippen molar-refractivity contribution in [1.82, 2.24) is 4.90 Å². The second-order valence-corrected chi connectivity index (χ2v) is 13.5. The zero-order valence-corrected chi connectivity index (χ0v) is 27.1. The van der Waals surface area contributed by atoms with Crippen LogP contribution in [0.2, 0.25) is 0 Å². The number of anilines is 2. The fourth-order valence-electron chi connectivity index (χ4n) is 4.54. The lowest BCUT2D eigenvalue weighted by Gasteiger charge is -2.30. The van der Waals surface area contributed by atoms with Crippen LogP contribution in [-0.2, 0) is 32.0 Å². The van der Waals surface area contributed by atoms with Crippen LogP contribution in [0.5, 0.6) is 0 Å². The van der Waals surface area contributed by atoms with E-state index in [2.05, 4.69) is 10.6 Å². The first-order valence-electron chi connectivity index (χ1n) is 14.3. The SMILES string of the molecule is CCC(Sc1cccc(NC(=O)/C=C/c2ccccc2)c1)C(=O)Nc1sc2c(c1C(=O)OC)CCN(C(=O)OC(C)(C)C)C2. The van der Waals surface area contributed by atoms with Gasteiger partial charge < -0.3 is 25.0 Å². The summed E-state index contributed by atoms with van der Waals surface area (Å²) in [6, 6.07) is 16.9. The fraction of sp³-hybridized carbons (Fsp3) is 0.333. The highest BCUT2D eigenvalue weighted by molar-refractivity contribution is 8.00. The minimum Gasteiger partial charge on any atom is -0.465 e. The van der Waals surface area contributed by atoms with Gasteiger partial charge in [0.25, 0.3) is 0 Å². The predicted molar refractivity (Wildman–Crippen MR) is 175 cm³/mol. The molecule has 0 bridgehead atoms. The molecule has 3 aromatic rings. The quantitative estimate of drug-likeness (QED) is 0.148. The van der Waals surface area contributed by atoms with Gasteiger partial charge >= 0.3 is 12.1 Å². The maximum absolute atomic E-state index is 13.5. The standard InChI is InChI=1S/C33H37N3O6S2/c1-6-25(43-23-14-10-13-22(19-23)34-27(37)16-15-21-11-8-7-9-12-21)29(38)35-30-28(31(39)41-5)24-17-18-36(20-26(24)44-30)32(40)42-33(2,3)4/h7-16,19,25H,6,17-18,20H2,1-5H3,(H,34,37)(H,35,38)/b16-15+. The van der Waals surface area contributed by atoms with Gasteiger partial charge in [-0.25, -0.2) is 9.59 Å². The summed E-state index contributed by atoms with van der Waals surface area (Å²) in [6.45, 7) is 8.02. The first kappa shape index (κ1) is 32.8. The zero-order valence-electron chi connectivity index (χ0n) is 25.5. The Morgan fingerprint density at radius 3 is 2.50 bits per heavy atom. The van der Waals surface area contributed by atoms with E-state index in [1.54, 1.807) is 17.0 Å². The van der Waals surface area contributed by atoms with Crippen molar-refractivity contribution in [3.8, 4) is 0 Å². The summed E-state index contributed by atoms with van der Waals surface area (Å²) in [5, 5.41) is 5.76. The Hall–Kier alpha value is -4.09. The summed E-state index contributed by atoms with van der Waals surface area (Å²) in [4.78, 5) is 54.7. The first-order chi connectivity index (χ1) is 21.0. The van der Waals surface area contributed by atoms with Crippen LogP contribution in [0.25, 0.3) is 6.08 Å². The molecule has 1 aromatic heterocycles. The molecule has 0 aliphatic carbocycles. The van der Waals surface area contributed by atoms with E-state index in [0.29, 0.717) is 35.6 Å². The molecule has 3 amide bonds. The van der Waals surface area contributed by atoms with Crippen molar-refractivity contribution in [2.45, 2.75) is 62.8 Å². The van der Waals surface area contributed by atoms with Crippen LogP contribution in [0.4, 0.5) is 15.5 Å². The highest BCUT2D eigenvalue weighted by atomic mass is 32.2. The van der Waals surface area contributed by atoms with E-state index in [1.165, 1.54) is 36.3 Å². The van der Waals surface area contributed by atoms with Gasteiger partial charge in [0.2, 0.25) is 11.8 Å². The van der Waals surface area contributed by atoms with Gasteiger partial charge in [0, 0.05) is 28.1 Å². The minimum atomic E-state index is -0.625. The van der Waals surface area contributed by atoms with Crippen LogP contribution in [-0.4, -0.2) is 53.3 Å². The molecule has 232 valence electrons. The lowest BCUT2D eigenvalue weighted by atomic mass is 10.0. The van der Waals surface area contributed by atoms with Crippen LogP contribution < -0.4 is 10.6 Å². The number of benzene rings is 2. The summed E-state index contributed by atoms with van der Waals surface area (Å²) in [6.07, 6.45) is 3.76. The van der Waals surface area contributed by atoms with E-state index in [0.717, 1.165) is 20.9 Å². The Morgan fingerprint density at radius 1 is 1.07 bits per heavy atom. The summed E-state index contributed by atoms with van der Waals surface area (Å²) >= 11 is 2.64. The lowest BCUT2D eigenvalue weighted by molar-refractivity contribution is -0.115. The molecule has 44 heavy (non-hydrogen) atoms. The molecule has 1 atom stereocenters. The minimum absolute atomic E-state index is 0.259. The molecule has 1 aliphatic heterocycles. The van der Waals surface area contributed by atoms with Gasteiger partial charge in [-0.05, 0) is 69.0 Å². The number of methoxy groups -OCH3 is 1. The normalized spacial score (nSPS) is 13.6. The number of nitrogens with zero attached hydrogens (tertiary/aromatic N) is 1. The van der Waals surface area contributed by atoms with Gasteiger partial charge in [-0.2, -0.15) is 0 Å². The molecule has 1 unspecified atom stereocenters. The van der Waals surface area contributed by atoms with Gasteiger partial charge in [0.1, 0.15) is 10.6 Å². The fourth-order valence-corrected chi connectivity index (χ4v) is 6.81. The maximum atomic E-state index is 13.5. The molecule has 0 spiro atoms. The topological polar surface area (TPSA) is 114 Å². The predicted octanol–water partition coefficient (Wildman–Crippen LogP) is 6.99. The Bertz CT molecular complexity index is 1540. The molecule has 0 radical (unpaired) electrons. The van der Waals surface area contributed by atoms with Gasteiger partial charge in [-0.15, -0.1) is 23.1 Å². The molecule has 0 saturated carbocycles. The highest BCUT2D eigenvalue weighted by Gasteiger charge is 2.33. The first-order valence-corrected chi connectivity index (χ1v) is 16.0. The number of esters is 1. The number of rotatable bonds is 9. The third-order valence-corrected chi connectivity index (χ3v) is 9.09. The molecule has 4 rings (SSSR count). The van der Waals surface area contributed by atoms with Crippen molar-refractivity contribution in [3.05, 3.63) is 82.2 Å². The molecular formula is C33H37N3O6S2. The largest absolute Gasteiger partial charge is 0.465 e. The number of carbonyl (C=O) groups is 4. The molecule has 2 aromatic carbocycles. The van der Waals surface area contributed by atoms with Crippen LogP contribution in [0, 0.1) is 0 Å². The number of thioether (sulfide) groups is 1. The van der Waals surface area contributed by atoms with Crippen LogP contribution in [0.15, 0.2) is 65.6 Å². The molecule has 9 nitrogen and oxygen atoms in total. The van der Waals surface area contributed by atoms with E-state index < -0.39 is 22.9 Å². The number of fused-ring (bicyclic) bond motifs is 1. The van der Waals surface area contributed by atoms with E-state index in [9.17, 15) is 19.2 Å². The van der Waals surface area contributed by atoms with Gasteiger partial charge in [0.05, 0.1) is 24.5 Å². The Labute approximate surface area is 266 Å². The third kappa shape index (κ3) is 8.73. The number of nitrogens with one attached hydrogen (secondary N) is 2. The lowest BCUT2D eigenvalue weighted by Crippen LogP contribution is -2.39. The molecule has 1 aliphatic rings. The molecular weight excluding hydrogens is 599 g/mol. The van der Waals surface area contributed by atoms with Crippen LogP contribution in [0.1, 0.15) is 60.5 Å². The average molecular weight is 636 g/mol. The summed E-state index contributed by atoms with van der Waals surface area (Å²) in [5.74, 6) is -1.05. The van der Waals surface area contributed by atoms with Crippen molar-refractivity contribution in [3.63, 3.8) is 0 Å². The van der Waals surface area contributed by atoms with Gasteiger partial charge in [-0.1, -0.05) is 43.3 Å². The second-order valence-electron chi connectivity index (χ2n) is 11.1. The summed E-state index contributed by atoms with van der Waals surface area (Å²) < 4.78 is 10.6. The Morgan fingerprint density at radius 2 is 1.82 bits per heavy atom. The van der Waals surface area contributed by atoms with Crippen molar-refractivity contribution >= 4 is 63.7 Å². The van der Waals surface area contributed by atoms with Crippen LogP contribution >= 0.6 is 23.1 Å². The highest BCUT2D eigenvalue weighted by Crippen LogP contribution is 2.39.